The van der Waals surface area contributed by atoms with Gasteiger partial charge in [0.05, 0.1) is 23.8 Å². The van der Waals surface area contributed by atoms with Crippen LogP contribution in [-0.2, 0) is 20.9 Å². The number of methoxy groups -OCH3 is 1. The van der Waals surface area contributed by atoms with Crippen molar-refractivity contribution in [2.75, 3.05) is 31.0 Å². The smallest absolute Gasteiger partial charge is 0.300 e. The van der Waals surface area contributed by atoms with Crippen LogP contribution in [0.3, 0.4) is 0 Å². The van der Waals surface area contributed by atoms with Gasteiger partial charge in [0, 0.05) is 36.2 Å². The van der Waals surface area contributed by atoms with Crippen LogP contribution < -0.4 is 10.2 Å². The number of likely N-dealkylation sites (N-methyl/N-ethyl adjacent to an activating group) is 1. The van der Waals surface area contributed by atoms with Crippen molar-refractivity contribution in [3.8, 4) is 0 Å². The molecule has 4 rings (SSSR count). The van der Waals surface area contributed by atoms with Gasteiger partial charge in [-0.3, -0.25) is 4.79 Å². The molecule has 0 bridgehead atoms. The molecule has 1 aliphatic rings. The van der Waals surface area contributed by atoms with E-state index >= 15 is 8.78 Å². The highest BCUT2D eigenvalue weighted by atomic mass is 19.3. The molecule has 0 radical (unpaired) electrons. The highest BCUT2D eigenvalue weighted by Gasteiger charge is 2.48. The number of alkyl halides is 2. The summed E-state index contributed by atoms with van der Waals surface area (Å²) in [5, 5.41) is 23.8. The van der Waals surface area contributed by atoms with E-state index in [-0.39, 0.29) is 18.1 Å². The molecule has 2 heterocycles. The number of fused-ring (bicyclic) bond motifs is 2. The maximum Gasteiger partial charge on any atom is 0.300 e. The van der Waals surface area contributed by atoms with Crippen molar-refractivity contribution in [1.29, 1.82) is 0 Å². The molecule has 0 fully saturated rings. The molecule has 1 unspecified atom stereocenters. The number of amides is 1. The monoisotopic (exact) mass is 512 g/mol. The molecule has 37 heavy (non-hydrogen) atoms. The van der Waals surface area contributed by atoms with Crippen LogP contribution in [0, 0.1) is 13.8 Å². The summed E-state index contributed by atoms with van der Waals surface area (Å²) in [7, 11) is 3.31. The number of nitrogens with one attached hydrogen (secondary N) is 1. The largest absolute Gasteiger partial charge is 0.384 e. The van der Waals surface area contributed by atoms with E-state index in [2.05, 4.69) is 15.5 Å². The van der Waals surface area contributed by atoms with E-state index < -0.39 is 23.0 Å². The van der Waals surface area contributed by atoms with Crippen molar-refractivity contribution in [2.45, 2.75) is 64.5 Å². The SMILES string of the molecule is COCC1(C)C(=O)N(C)c2cc3c(N[C@H](C)c4cccc(C(F)(F)C(C)(C)O)c4C)nnc(C)c3cc21. The predicted molar refractivity (Wildman–Crippen MR) is 140 cm³/mol. The third kappa shape index (κ3) is 4.14. The first-order valence-electron chi connectivity index (χ1n) is 12.2. The molecule has 1 aliphatic heterocycles. The normalized spacial score (nSPS) is 18.9. The van der Waals surface area contributed by atoms with Gasteiger partial charge in [-0.05, 0) is 70.4 Å². The van der Waals surface area contributed by atoms with Gasteiger partial charge in [0.25, 0.3) is 0 Å². The summed E-state index contributed by atoms with van der Waals surface area (Å²) in [6.45, 7) is 9.68. The van der Waals surface area contributed by atoms with Gasteiger partial charge in [0.1, 0.15) is 5.60 Å². The Morgan fingerprint density at radius 2 is 1.86 bits per heavy atom. The molecule has 0 aliphatic carbocycles. The summed E-state index contributed by atoms with van der Waals surface area (Å²) in [5.74, 6) is -3.01. The van der Waals surface area contributed by atoms with E-state index in [0.717, 1.165) is 35.9 Å². The average Bonchev–Trinajstić information content (AvgIpc) is 3.00. The Labute approximate surface area is 215 Å². The second kappa shape index (κ2) is 8.99. The van der Waals surface area contributed by atoms with E-state index in [4.69, 9.17) is 4.74 Å². The van der Waals surface area contributed by atoms with Crippen LogP contribution in [0.2, 0.25) is 0 Å². The van der Waals surface area contributed by atoms with Crippen molar-refractivity contribution in [3.05, 3.63) is 58.3 Å². The zero-order valence-electron chi connectivity index (χ0n) is 22.5. The molecule has 0 saturated carbocycles. The Bertz CT molecular complexity index is 1390. The van der Waals surface area contributed by atoms with E-state index in [9.17, 15) is 9.90 Å². The minimum absolute atomic E-state index is 0.0544. The summed E-state index contributed by atoms with van der Waals surface area (Å²) in [5.41, 5.74) is 0.130. The van der Waals surface area contributed by atoms with Crippen LogP contribution in [0.5, 0.6) is 0 Å². The van der Waals surface area contributed by atoms with Crippen LogP contribution in [0.25, 0.3) is 10.8 Å². The standard InChI is InChI=1S/C28H34F2N4O3/c1-15-18(10-9-11-21(15)28(29,30)26(4,5)36)16(2)31-24-20-13-23-22(12-19(20)17(3)32-33-24)27(6,14-37-8)25(35)34(23)7/h9-13,16,36H,14H2,1-8H3,(H,31,33)/t16-,27?/m1/s1. The molecule has 0 saturated heterocycles. The molecule has 2 atom stereocenters. The zero-order chi connectivity index (χ0) is 27.5. The third-order valence-electron chi connectivity index (χ3n) is 7.55. The van der Waals surface area contributed by atoms with Crippen molar-refractivity contribution in [3.63, 3.8) is 0 Å². The van der Waals surface area contributed by atoms with Crippen LogP contribution in [-0.4, -0.2) is 47.6 Å². The number of hydrogen-bond acceptors (Lipinski definition) is 6. The average molecular weight is 513 g/mol. The topological polar surface area (TPSA) is 87.6 Å². The lowest BCUT2D eigenvalue weighted by Gasteiger charge is -2.31. The lowest BCUT2D eigenvalue weighted by atomic mass is 9.83. The van der Waals surface area contributed by atoms with E-state index in [1.807, 2.05) is 32.9 Å². The number of anilines is 2. The van der Waals surface area contributed by atoms with E-state index in [1.54, 1.807) is 38.1 Å². The summed E-state index contributed by atoms with van der Waals surface area (Å²) < 4.78 is 35.4. The number of carbonyl (C=O) groups excluding carboxylic acids is 1. The number of nitrogens with zero attached hydrogens (tertiary/aromatic N) is 3. The van der Waals surface area contributed by atoms with Crippen LogP contribution in [0.4, 0.5) is 20.3 Å². The molecule has 9 heteroatoms. The molecule has 3 aromatic rings. The molecule has 1 aromatic heterocycles. The highest BCUT2D eigenvalue weighted by molar-refractivity contribution is 6.11. The van der Waals surface area contributed by atoms with Crippen LogP contribution in [0.15, 0.2) is 30.3 Å². The Balaban J connectivity index is 1.79. The first-order chi connectivity index (χ1) is 17.1. The first-order valence-corrected chi connectivity index (χ1v) is 12.2. The minimum atomic E-state index is -3.43. The second-order valence-electron chi connectivity index (χ2n) is 10.7. The number of aromatic nitrogens is 2. The molecular weight excluding hydrogens is 478 g/mol. The molecule has 0 spiro atoms. The molecule has 7 nitrogen and oxygen atoms in total. The number of aryl methyl sites for hydroxylation is 1. The quantitative estimate of drug-likeness (QED) is 0.455. The fourth-order valence-electron chi connectivity index (χ4n) is 5.24. The Morgan fingerprint density at radius 1 is 1.19 bits per heavy atom. The highest BCUT2D eigenvalue weighted by Crippen LogP contribution is 2.45. The lowest BCUT2D eigenvalue weighted by molar-refractivity contribution is -0.168. The Hall–Kier alpha value is -3.17. The van der Waals surface area contributed by atoms with Crippen LogP contribution in [0.1, 0.15) is 61.7 Å². The van der Waals surface area contributed by atoms with Crippen molar-refractivity contribution in [1.82, 2.24) is 10.2 Å². The van der Waals surface area contributed by atoms with Gasteiger partial charge in [-0.15, -0.1) is 5.10 Å². The van der Waals surface area contributed by atoms with Crippen molar-refractivity contribution < 1.29 is 23.4 Å². The number of hydrogen-bond donors (Lipinski definition) is 2. The summed E-state index contributed by atoms with van der Waals surface area (Å²) in [6, 6.07) is 8.19. The van der Waals surface area contributed by atoms with Crippen LogP contribution >= 0.6 is 0 Å². The zero-order valence-corrected chi connectivity index (χ0v) is 22.5. The van der Waals surface area contributed by atoms with Gasteiger partial charge >= 0.3 is 5.92 Å². The third-order valence-corrected chi connectivity index (χ3v) is 7.55. The number of halogens is 2. The van der Waals surface area contributed by atoms with Gasteiger partial charge in [0.15, 0.2) is 5.82 Å². The molecule has 198 valence electrons. The van der Waals surface area contributed by atoms with Gasteiger partial charge in [-0.1, -0.05) is 18.2 Å². The summed E-state index contributed by atoms with van der Waals surface area (Å²) >= 11 is 0. The second-order valence-corrected chi connectivity index (χ2v) is 10.7. The number of aliphatic hydroxyl groups is 1. The predicted octanol–water partition coefficient (Wildman–Crippen LogP) is 5.16. The fourth-order valence-corrected chi connectivity index (χ4v) is 5.24. The van der Waals surface area contributed by atoms with Crippen molar-refractivity contribution >= 4 is 28.2 Å². The van der Waals surface area contributed by atoms with E-state index in [1.165, 1.54) is 6.07 Å². The molecular formula is C28H34F2N4O3. The Kier molecular flexibility index (Phi) is 6.53. The maximum absolute atomic E-state index is 15.0. The van der Waals surface area contributed by atoms with Gasteiger partial charge in [0.2, 0.25) is 5.91 Å². The first kappa shape index (κ1) is 26.9. The number of benzene rings is 2. The lowest BCUT2D eigenvalue weighted by Crippen LogP contribution is -2.40. The van der Waals surface area contributed by atoms with E-state index in [0.29, 0.717) is 22.6 Å². The van der Waals surface area contributed by atoms with Gasteiger partial charge in [-0.25, -0.2) is 0 Å². The molecule has 1 amide bonds. The summed E-state index contributed by atoms with van der Waals surface area (Å²) in [4.78, 5) is 14.8. The van der Waals surface area contributed by atoms with Gasteiger partial charge < -0.3 is 20.1 Å². The number of rotatable bonds is 7. The van der Waals surface area contributed by atoms with Crippen molar-refractivity contribution in [2.24, 2.45) is 0 Å². The summed E-state index contributed by atoms with van der Waals surface area (Å²) in [6.07, 6.45) is 0. The Morgan fingerprint density at radius 3 is 2.49 bits per heavy atom. The number of carbonyl (C=O) groups is 1. The molecule has 2 N–H and O–H groups in total. The maximum atomic E-state index is 15.0. The van der Waals surface area contributed by atoms with Gasteiger partial charge in [-0.2, -0.15) is 13.9 Å². The number of ether oxygens (including phenoxy) is 1. The minimum Gasteiger partial charge on any atom is -0.384 e. The molecule has 2 aromatic carbocycles. The fraction of sp³-hybridized carbons (Fsp3) is 0.464.